The molecule has 1 amide bonds. The minimum Gasteiger partial charge on any atom is -0.396 e. The van der Waals surface area contributed by atoms with E-state index < -0.39 is 5.82 Å². The largest absolute Gasteiger partial charge is 0.396 e. The number of benzene rings is 1. The second kappa shape index (κ2) is 6.16. The van der Waals surface area contributed by atoms with Crippen molar-refractivity contribution in [3.05, 3.63) is 42.0 Å². The van der Waals surface area contributed by atoms with Crippen LogP contribution in [0.25, 0.3) is 0 Å². The number of ether oxygens (including phenoxy) is 1. The molecule has 0 saturated carbocycles. The minimum atomic E-state index is -0.547. The zero-order chi connectivity index (χ0) is 14.5. The van der Waals surface area contributed by atoms with E-state index in [9.17, 15) is 9.18 Å². The van der Waals surface area contributed by atoms with Gasteiger partial charge in [0.25, 0.3) is 5.91 Å². The van der Waals surface area contributed by atoms with Crippen LogP contribution in [0.1, 0.15) is 10.4 Å². The molecule has 0 aliphatic carbocycles. The molecule has 1 aromatic carbocycles. The van der Waals surface area contributed by atoms with E-state index in [4.69, 9.17) is 10.5 Å². The van der Waals surface area contributed by atoms with Crippen molar-refractivity contribution >= 4 is 17.3 Å². The fraction of sp³-hybridized carbons (Fsp3) is 0.231. The van der Waals surface area contributed by atoms with Crippen LogP contribution in [-0.2, 0) is 11.3 Å². The Kier molecular flexibility index (Phi) is 4.31. The summed E-state index contributed by atoms with van der Waals surface area (Å²) in [5.41, 5.74) is 6.20. The smallest absolute Gasteiger partial charge is 0.255 e. The molecule has 0 saturated heterocycles. The predicted molar refractivity (Wildman–Crippen MR) is 72.9 cm³/mol. The second-order valence-electron chi connectivity index (χ2n) is 4.18. The maximum atomic E-state index is 13.0. The fourth-order valence-corrected chi connectivity index (χ4v) is 1.62. The highest BCUT2D eigenvalue weighted by Gasteiger charge is 2.09. The van der Waals surface area contributed by atoms with Crippen molar-refractivity contribution in [2.75, 3.05) is 24.8 Å². The van der Waals surface area contributed by atoms with Crippen molar-refractivity contribution in [3.8, 4) is 0 Å². The summed E-state index contributed by atoms with van der Waals surface area (Å²) in [6, 6.07) is 3.82. The molecule has 0 radical (unpaired) electrons. The Morgan fingerprint density at radius 1 is 1.55 bits per heavy atom. The standard InChI is InChI=1S/C13H15FN4O2/c1-20-5-4-18-8-10(7-16-18)17-13(19)9-2-3-11(14)12(15)6-9/h2-3,6-8H,4-5,15H2,1H3,(H,17,19). The van der Waals surface area contributed by atoms with Crippen molar-refractivity contribution < 1.29 is 13.9 Å². The number of nitrogens with one attached hydrogen (secondary N) is 1. The van der Waals surface area contributed by atoms with Crippen LogP contribution in [0.4, 0.5) is 15.8 Å². The van der Waals surface area contributed by atoms with E-state index >= 15 is 0 Å². The van der Waals surface area contributed by atoms with Gasteiger partial charge in [-0.15, -0.1) is 0 Å². The lowest BCUT2D eigenvalue weighted by Crippen LogP contribution is -2.12. The van der Waals surface area contributed by atoms with Crippen LogP contribution < -0.4 is 11.1 Å². The molecule has 0 bridgehead atoms. The Hall–Kier alpha value is -2.41. The molecule has 6 nitrogen and oxygen atoms in total. The number of hydrogen-bond donors (Lipinski definition) is 2. The van der Waals surface area contributed by atoms with Gasteiger partial charge in [-0.2, -0.15) is 5.10 Å². The summed E-state index contributed by atoms with van der Waals surface area (Å²) >= 11 is 0. The summed E-state index contributed by atoms with van der Waals surface area (Å²) in [5.74, 6) is -0.920. The second-order valence-corrected chi connectivity index (χ2v) is 4.18. The summed E-state index contributed by atoms with van der Waals surface area (Å²) in [6.45, 7) is 1.12. The van der Waals surface area contributed by atoms with Crippen LogP contribution in [-0.4, -0.2) is 29.4 Å². The van der Waals surface area contributed by atoms with E-state index in [-0.39, 0.29) is 17.2 Å². The summed E-state index contributed by atoms with van der Waals surface area (Å²) in [5, 5.41) is 6.73. The molecule has 0 atom stereocenters. The van der Waals surface area contributed by atoms with Crippen LogP contribution in [0.3, 0.4) is 0 Å². The zero-order valence-electron chi connectivity index (χ0n) is 11.0. The summed E-state index contributed by atoms with van der Waals surface area (Å²) in [7, 11) is 1.60. The number of halogens is 1. The Balaban J connectivity index is 2.03. The molecule has 0 spiro atoms. The van der Waals surface area contributed by atoms with Gasteiger partial charge in [0.2, 0.25) is 0 Å². The summed E-state index contributed by atoms with van der Waals surface area (Å²) in [6.07, 6.45) is 3.21. The maximum Gasteiger partial charge on any atom is 0.255 e. The molecule has 3 N–H and O–H groups in total. The number of nitrogens with zero attached hydrogens (tertiary/aromatic N) is 2. The van der Waals surface area contributed by atoms with E-state index in [0.717, 1.165) is 6.07 Å². The van der Waals surface area contributed by atoms with Crippen molar-refractivity contribution in [1.29, 1.82) is 0 Å². The number of nitrogens with two attached hydrogens (primary N) is 1. The lowest BCUT2D eigenvalue weighted by molar-refractivity contribution is 0.102. The monoisotopic (exact) mass is 278 g/mol. The first-order chi connectivity index (χ1) is 9.60. The molecule has 20 heavy (non-hydrogen) atoms. The number of carbonyl (C=O) groups excluding carboxylic acids is 1. The van der Waals surface area contributed by atoms with Crippen LogP contribution in [0.2, 0.25) is 0 Å². The van der Waals surface area contributed by atoms with E-state index in [2.05, 4.69) is 10.4 Å². The average molecular weight is 278 g/mol. The molecular formula is C13H15FN4O2. The molecule has 2 aromatic rings. The summed E-state index contributed by atoms with van der Waals surface area (Å²) < 4.78 is 19.6. The Bertz CT molecular complexity index is 612. The number of rotatable bonds is 5. The Morgan fingerprint density at radius 3 is 3.05 bits per heavy atom. The van der Waals surface area contributed by atoms with Gasteiger partial charge in [0.05, 0.1) is 30.7 Å². The summed E-state index contributed by atoms with van der Waals surface area (Å²) in [4.78, 5) is 12.0. The predicted octanol–water partition coefficient (Wildman–Crippen LogP) is 1.50. The normalized spacial score (nSPS) is 10.5. The highest BCUT2D eigenvalue weighted by molar-refractivity contribution is 6.04. The van der Waals surface area contributed by atoms with Gasteiger partial charge in [-0.3, -0.25) is 9.48 Å². The van der Waals surface area contributed by atoms with Gasteiger partial charge in [0.15, 0.2) is 0 Å². The third-order valence-corrected chi connectivity index (χ3v) is 2.67. The Morgan fingerprint density at radius 2 is 2.35 bits per heavy atom. The topological polar surface area (TPSA) is 82.2 Å². The van der Waals surface area contributed by atoms with Gasteiger partial charge in [-0.1, -0.05) is 0 Å². The number of aromatic nitrogens is 2. The molecule has 106 valence electrons. The molecule has 2 rings (SSSR count). The molecule has 0 unspecified atom stereocenters. The SMILES string of the molecule is COCCn1cc(NC(=O)c2ccc(F)c(N)c2)cn1. The maximum absolute atomic E-state index is 13.0. The van der Waals surface area contributed by atoms with Gasteiger partial charge in [0, 0.05) is 18.9 Å². The van der Waals surface area contributed by atoms with Gasteiger partial charge in [-0.05, 0) is 18.2 Å². The highest BCUT2D eigenvalue weighted by atomic mass is 19.1. The highest BCUT2D eigenvalue weighted by Crippen LogP contribution is 2.14. The van der Waals surface area contributed by atoms with Gasteiger partial charge >= 0.3 is 0 Å². The zero-order valence-corrected chi connectivity index (χ0v) is 11.0. The lowest BCUT2D eigenvalue weighted by Gasteiger charge is -2.04. The molecule has 0 aliphatic heterocycles. The molecular weight excluding hydrogens is 263 g/mol. The van der Waals surface area contributed by atoms with Crippen LogP contribution in [0.15, 0.2) is 30.6 Å². The van der Waals surface area contributed by atoms with Gasteiger partial charge in [0.1, 0.15) is 5.82 Å². The van der Waals surface area contributed by atoms with Crippen LogP contribution in [0.5, 0.6) is 0 Å². The fourth-order valence-electron chi connectivity index (χ4n) is 1.62. The molecule has 0 fully saturated rings. The van der Waals surface area contributed by atoms with Crippen molar-refractivity contribution in [1.82, 2.24) is 9.78 Å². The van der Waals surface area contributed by atoms with E-state index in [1.165, 1.54) is 18.3 Å². The number of hydrogen-bond acceptors (Lipinski definition) is 4. The number of methoxy groups -OCH3 is 1. The number of anilines is 2. The van der Waals surface area contributed by atoms with Crippen molar-refractivity contribution in [2.45, 2.75) is 6.54 Å². The third-order valence-electron chi connectivity index (χ3n) is 2.67. The first-order valence-corrected chi connectivity index (χ1v) is 5.98. The molecule has 1 heterocycles. The van der Waals surface area contributed by atoms with Gasteiger partial charge < -0.3 is 15.8 Å². The first-order valence-electron chi connectivity index (χ1n) is 5.98. The number of nitrogen functional groups attached to an aromatic ring is 1. The first kappa shape index (κ1) is 14.0. The van der Waals surface area contributed by atoms with Gasteiger partial charge in [-0.25, -0.2) is 4.39 Å². The molecule has 7 heteroatoms. The van der Waals surface area contributed by atoms with E-state index in [1.807, 2.05) is 0 Å². The van der Waals surface area contributed by atoms with Crippen molar-refractivity contribution in [3.63, 3.8) is 0 Å². The quantitative estimate of drug-likeness (QED) is 0.812. The Labute approximate surface area is 115 Å². The lowest BCUT2D eigenvalue weighted by atomic mass is 10.2. The number of amides is 1. The molecule has 0 aliphatic rings. The number of carbonyl (C=O) groups is 1. The van der Waals surface area contributed by atoms with E-state index in [1.54, 1.807) is 18.0 Å². The van der Waals surface area contributed by atoms with Crippen LogP contribution in [0, 0.1) is 5.82 Å². The van der Waals surface area contributed by atoms with Crippen molar-refractivity contribution in [2.24, 2.45) is 0 Å². The van der Waals surface area contributed by atoms with E-state index in [0.29, 0.717) is 18.8 Å². The minimum absolute atomic E-state index is 0.0616. The molecule has 1 aromatic heterocycles. The van der Waals surface area contributed by atoms with Crippen LogP contribution >= 0.6 is 0 Å². The third kappa shape index (κ3) is 3.33. The average Bonchev–Trinajstić information content (AvgIpc) is 2.87.